The van der Waals surface area contributed by atoms with Crippen molar-refractivity contribution < 1.29 is 13.6 Å². The minimum Gasteiger partial charge on any atom is -0.302 e. The van der Waals surface area contributed by atoms with E-state index in [1.165, 1.54) is 36.7 Å². The molecule has 168 valence electrons. The molecule has 4 fully saturated rings. The Morgan fingerprint density at radius 1 is 1.06 bits per heavy atom. The summed E-state index contributed by atoms with van der Waals surface area (Å²) in [6.07, 6.45) is 6.77. The third-order valence-corrected chi connectivity index (χ3v) is 8.93. The SMILES string of the molecule is CCN(CC)CCN(C(=O)C12CC3CC(CC(C3)C1)C2)c1nc2c(F)cc(F)cc2s1. The largest absolute Gasteiger partial charge is 0.302 e. The average Bonchev–Trinajstić information content (AvgIpc) is 3.14. The Balaban J connectivity index is 1.50. The fraction of sp³-hybridized carbons (Fsp3) is 0.667. The zero-order valence-corrected chi connectivity index (χ0v) is 19.2. The lowest BCUT2D eigenvalue weighted by atomic mass is 9.49. The molecule has 0 spiro atoms. The van der Waals surface area contributed by atoms with Crippen LogP contribution in [0.15, 0.2) is 12.1 Å². The molecule has 0 aliphatic heterocycles. The number of rotatable bonds is 7. The van der Waals surface area contributed by atoms with Crippen LogP contribution in [0.1, 0.15) is 52.4 Å². The highest BCUT2D eigenvalue weighted by atomic mass is 32.1. The topological polar surface area (TPSA) is 36.4 Å². The molecule has 4 saturated carbocycles. The van der Waals surface area contributed by atoms with E-state index in [9.17, 15) is 13.6 Å². The second kappa shape index (κ2) is 8.07. The van der Waals surface area contributed by atoms with Gasteiger partial charge in [0.2, 0.25) is 5.91 Å². The van der Waals surface area contributed by atoms with Crippen LogP contribution in [-0.2, 0) is 4.79 Å². The molecular weight excluding hydrogens is 416 g/mol. The summed E-state index contributed by atoms with van der Waals surface area (Å²) >= 11 is 1.23. The predicted octanol–water partition coefficient (Wildman–Crippen LogP) is 5.47. The third kappa shape index (κ3) is 3.78. The molecule has 1 amide bonds. The molecule has 7 heteroatoms. The maximum Gasteiger partial charge on any atom is 0.235 e. The van der Waals surface area contributed by atoms with E-state index in [0.717, 1.165) is 45.0 Å². The van der Waals surface area contributed by atoms with Crippen LogP contribution < -0.4 is 4.90 Å². The van der Waals surface area contributed by atoms with Gasteiger partial charge in [0.25, 0.3) is 0 Å². The van der Waals surface area contributed by atoms with Crippen molar-refractivity contribution in [3.8, 4) is 0 Å². The van der Waals surface area contributed by atoms with E-state index in [4.69, 9.17) is 0 Å². The summed E-state index contributed by atoms with van der Waals surface area (Å²) in [6, 6.07) is 2.18. The van der Waals surface area contributed by atoms with Crippen molar-refractivity contribution in [2.24, 2.45) is 23.2 Å². The first-order valence-corrected chi connectivity index (χ1v) is 12.5. The number of fused-ring (bicyclic) bond motifs is 1. The van der Waals surface area contributed by atoms with Gasteiger partial charge in [0, 0.05) is 19.2 Å². The monoisotopic (exact) mass is 447 g/mol. The molecule has 1 aromatic heterocycles. The molecule has 0 radical (unpaired) electrons. The summed E-state index contributed by atoms with van der Waals surface area (Å²) in [6.45, 7) is 7.34. The maximum atomic E-state index is 14.4. The number of likely N-dealkylation sites (N-methyl/N-ethyl adjacent to an activating group) is 1. The summed E-state index contributed by atoms with van der Waals surface area (Å²) in [5, 5.41) is 0.507. The number of anilines is 1. The van der Waals surface area contributed by atoms with Crippen LogP contribution in [-0.4, -0.2) is 42.0 Å². The lowest BCUT2D eigenvalue weighted by Crippen LogP contribution is -2.55. The van der Waals surface area contributed by atoms with E-state index in [-0.39, 0.29) is 16.8 Å². The average molecular weight is 448 g/mol. The number of hydrogen-bond acceptors (Lipinski definition) is 4. The Hall–Kier alpha value is -1.60. The van der Waals surface area contributed by atoms with Gasteiger partial charge in [-0.05, 0) is 75.4 Å². The summed E-state index contributed by atoms with van der Waals surface area (Å²) in [5.41, 5.74) is -0.132. The smallest absolute Gasteiger partial charge is 0.235 e. The van der Waals surface area contributed by atoms with Gasteiger partial charge < -0.3 is 4.90 Å². The van der Waals surface area contributed by atoms with Crippen LogP contribution >= 0.6 is 11.3 Å². The fourth-order valence-electron chi connectivity index (χ4n) is 6.79. The number of benzene rings is 1. The Labute approximate surface area is 186 Å². The lowest BCUT2D eigenvalue weighted by Gasteiger charge is -2.56. The number of halogens is 2. The molecule has 1 heterocycles. The number of amides is 1. The van der Waals surface area contributed by atoms with Gasteiger partial charge in [-0.15, -0.1) is 0 Å². The summed E-state index contributed by atoms with van der Waals surface area (Å²) in [4.78, 5) is 22.7. The van der Waals surface area contributed by atoms with Crippen molar-refractivity contribution in [2.75, 3.05) is 31.1 Å². The number of thiazole rings is 1. The van der Waals surface area contributed by atoms with Crippen LogP contribution in [0.3, 0.4) is 0 Å². The van der Waals surface area contributed by atoms with Gasteiger partial charge in [-0.1, -0.05) is 25.2 Å². The summed E-state index contributed by atoms with van der Waals surface area (Å²) in [5.74, 6) is 0.898. The van der Waals surface area contributed by atoms with E-state index in [1.807, 2.05) is 4.90 Å². The second-order valence-corrected chi connectivity index (χ2v) is 10.9. The quantitative estimate of drug-likeness (QED) is 0.565. The second-order valence-electron chi connectivity index (χ2n) is 9.91. The predicted molar refractivity (Wildman–Crippen MR) is 120 cm³/mol. The van der Waals surface area contributed by atoms with Crippen LogP contribution in [0.4, 0.5) is 13.9 Å². The summed E-state index contributed by atoms with van der Waals surface area (Å²) in [7, 11) is 0. The van der Waals surface area contributed by atoms with E-state index < -0.39 is 11.6 Å². The first kappa shape index (κ1) is 21.3. The highest BCUT2D eigenvalue weighted by Gasteiger charge is 2.56. The van der Waals surface area contributed by atoms with Gasteiger partial charge in [0.05, 0.1) is 10.1 Å². The lowest BCUT2D eigenvalue weighted by molar-refractivity contribution is -0.143. The standard InChI is InChI=1S/C24H31F2N3OS/c1-3-28(4-2)5-6-29(23-27-21-19(26)10-18(25)11-20(21)31-23)22(30)24-12-15-7-16(13-24)9-17(8-15)14-24/h10-11,15-17H,3-9,12-14H2,1-2H3. The molecule has 1 aromatic carbocycles. The van der Waals surface area contributed by atoms with Crippen molar-refractivity contribution in [1.82, 2.24) is 9.88 Å². The molecular formula is C24H31F2N3OS. The Bertz CT molecular complexity index is 951. The third-order valence-electron chi connectivity index (χ3n) is 7.90. The Kier molecular flexibility index (Phi) is 5.53. The number of hydrogen-bond donors (Lipinski definition) is 0. The van der Waals surface area contributed by atoms with E-state index in [1.54, 1.807) is 0 Å². The van der Waals surface area contributed by atoms with Gasteiger partial charge in [0.15, 0.2) is 10.9 Å². The van der Waals surface area contributed by atoms with Gasteiger partial charge in [-0.2, -0.15) is 0 Å². The number of carbonyl (C=O) groups excluding carboxylic acids is 1. The van der Waals surface area contributed by atoms with Crippen molar-refractivity contribution in [2.45, 2.75) is 52.4 Å². The van der Waals surface area contributed by atoms with Crippen LogP contribution in [0.25, 0.3) is 10.2 Å². The normalized spacial score (nSPS) is 29.3. The fourth-order valence-corrected chi connectivity index (χ4v) is 7.81. The van der Waals surface area contributed by atoms with E-state index >= 15 is 0 Å². The van der Waals surface area contributed by atoms with E-state index in [2.05, 4.69) is 23.7 Å². The highest BCUT2D eigenvalue weighted by Crippen LogP contribution is 2.60. The minimum atomic E-state index is -0.663. The molecule has 0 saturated heterocycles. The zero-order chi connectivity index (χ0) is 21.8. The summed E-state index contributed by atoms with van der Waals surface area (Å²) < 4.78 is 28.6. The molecule has 4 aliphatic carbocycles. The molecule has 4 bridgehead atoms. The molecule has 6 rings (SSSR count). The number of carbonyl (C=O) groups is 1. The van der Waals surface area contributed by atoms with Gasteiger partial charge >= 0.3 is 0 Å². The molecule has 31 heavy (non-hydrogen) atoms. The zero-order valence-electron chi connectivity index (χ0n) is 18.4. The molecule has 0 N–H and O–H groups in total. The van der Waals surface area contributed by atoms with Crippen LogP contribution in [0.5, 0.6) is 0 Å². The molecule has 0 unspecified atom stereocenters. The number of nitrogens with zero attached hydrogens (tertiary/aromatic N) is 3. The molecule has 2 aromatic rings. The first-order valence-electron chi connectivity index (χ1n) is 11.7. The Morgan fingerprint density at radius 2 is 1.68 bits per heavy atom. The first-order chi connectivity index (χ1) is 14.9. The van der Waals surface area contributed by atoms with Crippen LogP contribution in [0, 0.1) is 34.8 Å². The highest BCUT2D eigenvalue weighted by molar-refractivity contribution is 7.22. The molecule has 4 aliphatic rings. The molecule has 4 nitrogen and oxygen atoms in total. The Morgan fingerprint density at radius 3 is 2.26 bits per heavy atom. The van der Waals surface area contributed by atoms with Gasteiger partial charge in [0.1, 0.15) is 11.3 Å². The molecule has 0 atom stereocenters. The van der Waals surface area contributed by atoms with Crippen molar-refractivity contribution >= 4 is 32.6 Å². The maximum absolute atomic E-state index is 14.4. The van der Waals surface area contributed by atoms with Crippen LogP contribution in [0.2, 0.25) is 0 Å². The number of aromatic nitrogens is 1. The van der Waals surface area contributed by atoms with Gasteiger partial charge in [-0.25, -0.2) is 13.8 Å². The minimum absolute atomic E-state index is 0.160. The van der Waals surface area contributed by atoms with Crippen molar-refractivity contribution in [3.63, 3.8) is 0 Å². The van der Waals surface area contributed by atoms with E-state index in [0.29, 0.717) is 34.1 Å². The van der Waals surface area contributed by atoms with Gasteiger partial charge in [-0.3, -0.25) is 9.69 Å². The van der Waals surface area contributed by atoms with Crippen molar-refractivity contribution in [3.05, 3.63) is 23.8 Å². The van der Waals surface area contributed by atoms with Crippen molar-refractivity contribution in [1.29, 1.82) is 0 Å².